The molecule has 0 aliphatic rings. The summed E-state index contributed by atoms with van der Waals surface area (Å²) in [7, 11) is 0. The van der Waals surface area contributed by atoms with Gasteiger partial charge in [0.15, 0.2) is 5.82 Å². The second-order valence-corrected chi connectivity index (χ2v) is 8.67. The lowest BCUT2D eigenvalue weighted by atomic mass is 9.98. The van der Waals surface area contributed by atoms with Gasteiger partial charge in [-0.25, -0.2) is 9.67 Å². The highest BCUT2D eigenvalue weighted by Gasteiger charge is 2.12. The SMILES string of the molecule is CCCc1nc(CCC(C)C)n(Cc2ccc(Cc3ccccc3-c3nn[nH]n3)cc2)n1. The Labute approximate surface area is 189 Å². The average molecular weight is 430 g/mol. The van der Waals surface area contributed by atoms with Gasteiger partial charge in [0.2, 0.25) is 5.82 Å². The first-order valence-electron chi connectivity index (χ1n) is 11.4. The van der Waals surface area contributed by atoms with E-state index in [4.69, 9.17) is 10.1 Å². The Morgan fingerprint density at radius 1 is 0.969 bits per heavy atom. The fourth-order valence-electron chi connectivity index (χ4n) is 3.81. The number of tetrazole rings is 1. The molecule has 0 saturated carbocycles. The van der Waals surface area contributed by atoms with Gasteiger partial charge in [0.05, 0.1) is 6.54 Å². The fraction of sp³-hybridized carbons (Fsp3) is 0.400. The van der Waals surface area contributed by atoms with Crippen molar-refractivity contribution >= 4 is 0 Å². The van der Waals surface area contributed by atoms with Crippen LogP contribution in [0.15, 0.2) is 48.5 Å². The van der Waals surface area contributed by atoms with Crippen molar-refractivity contribution in [2.24, 2.45) is 5.92 Å². The Hall–Kier alpha value is -3.35. The molecular weight excluding hydrogens is 398 g/mol. The number of aryl methyl sites for hydroxylation is 2. The van der Waals surface area contributed by atoms with Gasteiger partial charge in [0.25, 0.3) is 0 Å². The van der Waals surface area contributed by atoms with Crippen LogP contribution in [-0.2, 0) is 25.8 Å². The number of rotatable bonds is 10. The van der Waals surface area contributed by atoms with Crippen molar-refractivity contribution in [3.63, 3.8) is 0 Å². The third kappa shape index (κ3) is 5.46. The number of benzene rings is 2. The number of hydrogen-bond acceptors (Lipinski definition) is 5. The molecule has 0 aliphatic heterocycles. The van der Waals surface area contributed by atoms with Gasteiger partial charge in [-0.1, -0.05) is 69.3 Å². The zero-order valence-corrected chi connectivity index (χ0v) is 19.1. The van der Waals surface area contributed by atoms with Crippen LogP contribution < -0.4 is 0 Å². The summed E-state index contributed by atoms with van der Waals surface area (Å²) in [6.07, 6.45) is 4.91. The quantitative estimate of drug-likeness (QED) is 0.397. The standard InChI is InChI=1S/C25H31N7/c1-4-7-23-26-24(15-10-18(2)3)32(29-23)17-20-13-11-19(12-14-20)16-21-8-5-6-9-22(21)25-27-30-31-28-25/h5-6,8-9,11-14,18H,4,7,10,15-17H2,1-3H3,(H,27,28,30,31). The molecule has 4 rings (SSSR count). The van der Waals surface area contributed by atoms with Gasteiger partial charge in [-0.05, 0) is 47.1 Å². The van der Waals surface area contributed by atoms with Gasteiger partial charge >= 0.3 is 0 Å². The molecule has 2 aromatic heterocycles. The van der Waals surface area contributed by atoms with Crippen LogP contribution in [0.4, 0.5) is 0 Å². The molecule has 2 aromatic carbocycles. The highest BCUT2D eigenvalue weighted by atomic mass is 15.5. The average Bonchev–Trinajstić information content (AvgIpc) is 3.45. The number of nitrogens with zero attached hydrogens (tertiary/aromatic N) is 6. The lowest BCUT2D eigenvalue weighted by Crippen LogP contribution is -2.08. The van der Waals surface area contributed by atoms with Crippen LogP contribution >= 0.6 is 0 Å². The molecule has 166 valence electrons. The van der Waals surface area contributed by atoms with E-state index in [0.29, 0.717) is 11.7 Å². The molecule has 0 radical (unpaired) electrons. The first-order valence-corrected chi connectivity index (χ1v) is 11.4. The Morgan fingerprint density at radius 2 is 1.75 bits per heavy atom. The molecule has 32 heavy (non-hydrogen) atoms. The molecule has 0 atom stereocenters. The van der Waals surface area contributed by atoms with Crippen molar-refractivity contribution in [1.29, 1.82) is 0 Å². The molecule has 7 heteroatoms. The number of nitrogens with one attached hydrogen (secondary N) is 1. The van der Waals surface area contributed by atoms with E-state index in [1.165, 1.54) is 16.7 Å². The van der Waals surface area contributed by atoms with E-state index in [1.54, 1.807) is 0 Å². The van der Waals surface area contributed by atoms with Crippen LogP contribution in [0.1, 0.15) is 62.0 Å². The molecule has 0 fully saturated rings. The fourth-order valence-corrected chi connectivity index (χ4v) is 3.81. The monoisotopic (exact) mass is 429 g/mol. The second-order valence-electron chi connectivity index (χ2n) is 8.67. The second kappa shape index (κ2) is 10.3. The zero-order chi connectivity index (χ0) is 22.3. The van der Waals surface area contributed by atoms with E-state index in [2.05, 4.69) is 76.4 Å². The minimum Gasteiger partial charge on any atom is -0.245 e. The summed E-state index contributed by atoms with van der Waals surface area (Å²) in [4.78, 5) is 4.81. The van der Waals surface area contributed by atoms with Gasteiger partial charge in [-0.3, -0.25) is 0 Å². The van der Waals surface area contributed by atoms with E-state index in [1.807, 2.05) is 18.2 Å². The molecule has 0 aliphatic carbocycles. The number of hydrogen-bond donors (Lipinski definition) is 1. The summed E-state index contributed by atoms with van der Waals surface area (Å²) in [6, 6.07) is 17.0. The first-order chi connectivity index (χ1) is 15.6. The van der Waals surface area contributed by atoms with Gasteiger partial charge in [0, 0.05) is 18.4 Å². The maximum absolute atomic E-state index is 4.81. The molecule has 1 N–H and O–H groups in total. The van der Waals surface area contributed by atoms with Crippen LogP contribution in [0.25, 0.3) is 11.4 Å². The maximum atomic E-state index is 4.81. The molecule has 2 heterocycles. The van der Waals surface area contributed by atoms with Gasteiger partial charge < -0.3 is 0 Å². The van der Waals surface area contributed by atoms with Crippen LogP contribution in [-0.4, -0.2) is 35.4 Å². The number of H-pyrrole nitrogens is 1. The molecule has 0 amide bonds. The van der Waals surface area contributed by atoms with Crippen molar-refractivity contribution < 1.29 is 0 Å². The topological polar surface area (TPSA) is 85.2 Å². The van der Waals surface area contributed by atoms with Crippen LogP contribution in [0.2, 0.25) is 0 Å². The first kappa shape index (κ1) is 21.9. The van der Waals surface area contributed by atoms with Crippen molar-refractivity contribution in [3.05, 3.63) is 76.9 Å². The van der Waals surface area contributed by atoms with E-state index >= 15 is 0 Å². The molecule has 0 unspecified atom stereocenters. The Kier molecular flexibility index (Phi) is 7.04. The van der Waals surface area contributed by atoms with Crippen LogP contribution in [0, 0.1) is 5.92 Å². The van der Waals surface area contributed by atoms with Crippen molar-refractivity contribution in [1.82, 2.24) is 35.4 Å². The van der Waals surface area contributed by atoms with Gasteiger partial charge in [0.1, 0.15) is 5.82 Å². The molecule has 0 saturated heterocycles. The van der Waals surface area contributed by atoms with E-state index in [0.717, 1.165) is 55.9 Å². The molecule has 0 spiro atoms. The van der Waals surface area contributed by atoms with Crippen molar-refractivity contribution in [2.45, 2.75) is 59.4 Å². The highest BCUT2D eigenvalue weighted by Crippen LogP contribution is 2.22. The van der Waals surface area contributed by atoms with E-state index in [-0.39, 0.29) is 0 Å². The minimum absolute atomic E-state index is 0.625. The third-order valence-electron chi connectivity index (χ3n) is 5.56. The largest absolute Gasteiger partial charge is 0.245 e. The van der Waals surface area contributed by atoms with Gasteiger partial charge in [-0.15, -0.1) is 10.2 Å². The van der Waals surface area contributed by atoms with E-state index < -0.39 is 0 Å². The smallest absolute Gasteiger partial charge is 0.204 e. The predicted molar refractivity (Wildman–Crippen MR) is 125 cm³/mol. The van der Waals surface area contributed by atoms with Crippen LogP contribution in [0.5, 0.6) is 0 Å². The highest BCUT2D eigenvalue weighted by molar-refractivity contribution is 5.60. The number of aromatic nitrogens is 7. The van der Waals surface area contributed by atoms with Crippen molar-refractivity contribution in [2.75, 3.05) is 0 Å². The lowest BCUT2D eigenvalue weighted by molar-refractivity contribution is 0.546. The van der Waals surface area contributed by atoms with Crippen LogP contribution in [0.3, 0.4) is 0 Å². The van der Waals surface area contributed by atoms with Crippen molar-refractivity contribution in [3.8, 4) is 11.4 Å². The summed E-state index contributed by atoms with van der Waals surface area (Å²) in [5.41, 5.74) is 4.67. The predicted octanol–water partition coefficient (Wildman–Crippen LogP) is 4.64. The molecule has 4 aromatic rings. The summed E-state index contributed by atoms with van der Waals surface area (Å²) >= 11 is 0. The van der Waals surface area contributed by atoms with Gasteiger partial charge in [-0.2, -0.15) is 10.3 Å². The Balaban J connectivity index is 1.48. The summed E-state index contributed by atoms with van der Waals surface area (Å²) in [6.45, 7) is 7.43. The third-order valence-corrected chi connectivity index (χ3v) is 5.56. The Bertz CT molecular complexity index is 1110. The lowest BCUT2D eigenvalue weighted by Gasteiger charge is -2.10. The van der Waals surface area contributed by atoms with E-state index in [9.17, 15) is 0 Å². The normalized spacial score (nSPS) is 11.4. The molecule has 7 nitrogen and oxygen atoms in total. The molecule has 0 bridgehead atoms. The zero-order valence-electron chi connectivity index (χ0n) is 19.1. The summed E-state index contributed by atoms with van der Waals surface area (Å²) in [5.74, 6) is 3.34. The minimum atomic E-state index is 0.625. The Morgan fingerprint density at radius 3 is 2.47 bits per heavy atom. The summed E-state index contributed by atoms with van der Waals surface area (Å²) in [5, 5.41) is 19.3. The maximum Gasteiger partial charge on any atom is 0.204 e. The summed E-state index contributed by atoms with van der Waals surface area (Å²) < 4.78 is 2.09. The number of aromatic amines is 1. The molecular formula is C25H31N7.